The maximum atomic E-state index is 5.55. The van der Waals surface area contributed by atoms with Gasteiger partial charge in [0.2, 0.25) is 0 Å². The predicted octanol–water partition coefficient (Wildman–Crippen LogP) is 5.15. The minimum absolute atomic E-state index is 0.934. The fourth-order valence-electron chi connectivity index (χ4n) is 2.93. The van der Waals surface area contributed by atoms with Gasteiger partial charge in [0.1, 0.15) is 5.75 Å². The summed E-state index contributed by atoms with van der Waals surface area (Å²) in [5.74, 6) is 0.934. The molecule has 1 nitrogen and oxygen atoms in total. The first kappa shape index (κ1) is 11.3. The largest absolute Gasteiger partial charge is 0.496 e. The summed E-state index contributed by atoms with van der Waals surface area (Å²) in [4.78, 5) is 0. The van der Waals surface area contributed by atoms with Crippen LogP contribution < -0.4 is 4.74 Å². The molecule has 0 saturated carbocycles. The molecule has 20 heavy (non-hydrogen) atoms. The van der Waals surface area contributed by atoms with Gasteiger partial charge >= 0.3 is 0 Å². The molecule has 4 aromatic rings. The third kappa shape index (κ3) is 1.56. The smallest absolute Gasteiger partial charge is 0.127 e. The Kier molecular flexibility index (Phi) is 2.40. The zero-order chi connectivity index (χ0) is 13.5. The Labute approximate surface area is 117 Å². The highest BCUT2D eigenvalue weighted by Crippen LogP contribution is 2.35. The first-order valence-electron chi connectivity index (χ1n) is 6.75. The summed E-state index contributed by atoms with van der Waals surface area (Å²) in [6.45, 7) is 0. The van der Waals surface area contributed by atoms with Crippen LogP contribution in [0.5, 0.6) is 5.75 Å². The second kappa shape index (κ2) is 4.24. The topological polar surface area (TPSA) is 9.23 Å². The van der Waals surface area contributed by atoms with Crippen molar-refractivity contribution < 1.29 is 4.74 Å². The highest BCUT2D eigenvalue weighted by molar-refractivity contribution is 6.14. The van der Waals surface area contributed by atoms with Gasteiger partial charge in [-0.25, -0.2) is 0 Å². The average molecular weight is 258 g/mol. The van der Waals surface area contributed by atoms with Crippen molar-refractivity contribution in [3.05, 3.63) is 66.7 Å². The fraction of sp³-hybridized carbons (Fsp3) is 0.0526. The van der Waals surface area contributed by atoms with Gasteiger partial charge in [0.15, 0.2) is 0 Å². The Morgan fingerprint density at radius 2 is 1.25 bits per heavy atom. The van der Waals surface area contributed by atoms with Crippen LogP contribution in [0.15, 0.2) is 66.7 Å². The van der Waals surface area contributed by atoms with Gasteiger partial charge in [-0.05, 0) is 45.1 Å². The molecule has 0 spiro atoms. The summed E-state index contributed by atoms with van der Waals surface area (Å²) >= 11 is 0. The van der Waals surface area contributed by atoms with E-state index in [1.807, 2.05) is 0 Å². The Morgan fingerprint density at radius 3 is 2.00 bits per heavy atom. The highest BCUT2D eigenvalue weighted by atomic mass is 16.5. The molecule has 0 bridgehead atoms. The van der Waals surface area contributed by atoms with E-state index in [2.05, 4.69) is 66.7 Å². The highest BCUT2D eigenvalue weighted by Gasteiger charge is 2.07. The molecule has 4 rings (SSSR count). The standard InChI is InChI=1S/C19H14O/c1-20-19-12-15-10-13-6-2-3-7-14(13)11-18(15)16-8-4-5-9-17(16)19/h2-12H,1H3. The second-order valence-corrected chi connectivity index (χ2v) is 5.04. The molecule has 96 valence electrons. The lowest BCUT2D eigenvalue weighted by Crippen LogP contribution is -1.87. The molecule has 0 aromatic heterocycles. The van der Waals surface area contributed by atoms with Crippen molar-refractivity contribution in [2.45, 2.75) is 0 Å². The van der Waals surface area contributed by atoms with E-state index in [0.29, 0.717) is 0 Å². The van der Waals surface area contributed by atoms with Gasteiger partial charge in [-0.3, -0.25) is 0 Å². The SMILES string of the molecule is COc1cc2cc3ccccc3cc2c2ccccc12. The van der Waals surface area contributed by atoms with Crippen LogP contribution >= 0.6 is 0 Å². The van der Waals surface area contributed by atoms with Gasteiger partial charge in [0.05, 0.1) is 7.11 Å². The van der Waals surface area contributed by atoms with Crippen molar-refractivity contribution in [2.75, 3.05) is 7.11 Å². The molecular formula is C19H14O. The first-order valence-corrected chi connectivity index (χ1v) is 6.75. The van der Waals surface area contributed by atoms with Crippen LogP contribution in [0.1, 0.15) is 0 Å². The summed E-state index contributed by atoms with van der Waals surface area (Å²) < 4.78 is 5.55. The van der Waals surface area contributed by atoms with Crippen LogP contribution in [0.3, 0.4) is 0 Å². The number of fused-ring (bicyclic) bond motifs is 4. The van der Waals surface area contributed by atoms with E-state index in [1.54, 1.807) is 7.11 Å². The zero-order valence-corrected chi connectivity index (χ0v) is 11.3. The summed E-state index contributed by atoms with van der Waals surface area (Å²) in [7, 11) is 1.73. The van der Waals surface area contributed by atoms with E-state index in [9.17, 15) is 0 Å². The summed E-state index contributed by atoms with van der Waals surface area (Å²) in [6, 6.07) is 23.5. The molecule has 0 fully saturated rings. The maximum Gasteiger partial charge on any atom is 0.127 e. The van der Waals surface area contributed by atoms with Crippen LogP contribution in [0, 0.1) is 0 Å². The monoisotopic (exact) mass is 258 g/mol. The van der Waals surface area contributed by atoms with Gasteiger partial charge in [0, 0.05) is 5.39 Å². The molecule has 1 heteroatoms. The lowest BCUT2D eigenvalue weighted by atomic mass is 9.98. The molecule has 4 aromatic carbocycles. The van der Waals surface area contributed by atoms with Crippen LogP contribution in [-0.2, 0) is 0 Å². The van der Waals surface area contributed by atoms with Crippen LogP contribution in [-0.4, -0.2) is 7.11 Å². The molecular weight excluding hydrogens is 244 g/mol. The second-order valence-electron chi connectivity index (χ2n) is 5.04. The van der Waals surface area contributed by atoms with E-state index in [0.717, 1.165) is 11.1 Å². The van der Waals surface area contributed by atoms with Crippen molar-refractivity contribution in [2.24, 2.45) is 0 Å². The minimum atomic E-state index is 0.934. The normalized spacial score (nSPS) is 11.2. The van der Waals surface area contributed by atoms with Crippen LogP contribution in [0.25, 0.3) is 32.3 Å². The quantitative estimate of drug-likeness (QED) is 0.338. The third-order valence-electron chi connectivity index (χ3n) is 3.91. The Hall–Kier alpha value is -2.54. The van der Waals surface area contributed by atoms with E-state index in [-0.39, 0.29) is 0 Å². The molecule has 0 amide bonds. The van der Waals surface area contributed by atoms with E-state index < -0.39 is 0 Å². The number of hydrogen-bond donors (Lipinski definition) is 0. The number of rotatable bonds is 1. The van der Waals surface area contributed by atoms with Gasteiger partial charge < -0.3 is 4.74 Å². The number of methoxy groups -OCH3 is 1. The number of hydrogen-bond acceptors (Lipinski definition) is 1. The van der Waals surface area contributed by atoms with Gasteiger partial charge in [0.25, 0.3) is 0 Å². The van der Waals surface area contributed by atoms with Gasteiger partial charge in [-0.2, -0.15) is 0 Å². The summed E-state index contributed by atoms with van der Waals surface area (Å²) in [6.07, 6.45) is 0. The molecule has 0 N–H and O–H groups in total. The van der Waals surface area contributed by atoms with Crippen molar-refractivity contribution in [3.63, 3.8) is 0 Å². The molecule has 0 atom stereocenters. The Balaban J connectivity index is 2.25. The van der Waals surface area contributed by atoms with Crippen LogP contribution in [0.4, 0.5) is 0 Å². The molecule has 0 saturated heterocycles. The molecule has 0 aliphatic heterocycles. The third-order valence-corrected chi connectivity index (χ3v) is 3.91. The summed E-state index contributed by atoms with van der Waals surface area (Å²) in [5.41, 5.74) is 0. The van der Waals surface area contributed by atoms with Crippen molar-refractivity contribution >= 4 is 32.3 Å². The van der Waals surface area contributed by atoms with Crippen molar-refractivity contribution in [1.29, 1.82) is 0 Å². The minimum Gasteiger partial charge on any atom is -0.496 e. The van der Waals surface area contributed by atoms with E-state index in [1.165, 1.54) is 26.9 Å². The van der Waals surface area contributed by atoms with Gasteiger partial charge in [-0.1, -0.05) is 48.5 Å². The summed E-state index contributed by atoms with van der Waals surface area (Å²) in [5, 5.41) is 7.44. The molecule has 0 aliphatic rings. The van der Waals surface area contributed by atoms with Crippen molar-refractivity contribution in [3.8, 4) is 5.75 Å². The molecule has 0 aliphatic carbocycles. The fourth-order valence-corrected chi connectivity index (χ4v) is 2.93. The maximum absolute atomic E-state index is 5.55. The molecule has 0 heterocycles. The Bertz CT molecular complexity index is 938. The van der Waals surface area contributed by atoms with Crippen LogP contribution in [0.2, 0.25) is 0 Å². The van der Waals surface area contributed by atoms with Crippen molar-refractivity contribution in [1.82, 2.24) is 0 Å². The van der Waals surface area contributed by atoms with Gasteiger partial charge in [-0.15, -0.1) is 0 Å². The number of benzene rings is 4. The predicted molar refractivity (Wildman–Crippen MR) is 85.5 cm³/mol. The zero-order valence-electron chi connectivity index (χ0n) is 11.3. The molecule has 0 radical (unpaired) electrons. The average Bonchev–Trinajstić information content (AvgIpc) is 2.52. The molecule has 0 unspecified atom stereocenters. The van der Waals surface area contributed by atoms with E-state index >= 15 is 0 Å². The lowest BCUT2D eigenvalue weighted by molar-refractivity contribution is 0.420. The lowest BCUT2D eigenvalue weighted by Gasteiger charge is -2.10. The van der Waals surface area contributed by atoms with E-state index in [4.69, 9.17) is 4.74 Å². The number of ether oxygens (including phenoxy) is 1. The Morgan fingerprint density at radius 1 is 0.600 bits per heavy atom. The first-order chi connectivity index (χ1) is 9.86.